The third kappa shape index (κ3) is 4.62. The van der Waals surface area contributed by atoms with Gasteiger partial charge in [-0.2, -0.15) is 9.78 Å². The minimum absolute atomic E-state index is 0.134. The van der Waals surface area contributed by atoms with E-state index in [0.29, 0.717) is 33.8 Å². The van der Waals surface area contributed by atoms with Crippen molar-refractivity contribution < 1.29 is 24.3 Å². The highest BCUT2D eigenvalue weighted by Gasteiger charge is 2.26. The maximum atomic E-state index is 12.8. The van der Waals surface area contributed by atoms with Gasteiger partial charge in [0.15, 0.2) is 11.6 Å². The summed E-state index contributed by atoms with van der Waals surface area (Å²) < 4.78 is 11.9. The molecule has 0 radical (unpaired) electrons. The van der Waals surface area contributed by atoms with Crippen molar-refractivity contribution in [1.29, 1.82) is 0 Å². The van der Waals surface area contributed by atoms with Crippen LogP contribution in [0.5, 0.6) is 11.5 Å². The molecular formula is C22H19N5O6S. The summed E-state index contributed by atoms with van der Waals surface area (Å²) in [4.78, 5) is 23.3. The fourth-order valence-electron chi connectivity index (χ4n) is 3.19. The van der Waals surface area contributed by atoms with E-state index in [1.54, 1.807) is 26.2 Å². The number of carbonyl (C=O) groups is 1. The molecule has 12 heteroatoms. The number of fused-ring (bicyclic) bond motifs is 1. The summed E-state index contributed by atoms with van der Waals surface area (Å²) in [6, 6.07) is 11.1. The predicted octanol–water partition coefficient (Wildman–Crippen LogP) is 3.52. The highest BCUT2D eigenvalue weighted by atomic mass is 32.2. The standard InChI is InChI=1S/C22H19N5O6S/c1-3-33-21(29)16(10-13-4-9-19(28)18(11-13)27(30)31)17-12-34-22-24-23-20(26(22)25-17)14-5-7-15(32-2)8-6-14/h4-11,28H,3,12H2,1-2H3/b16-10-. The van der Waals surface area contributed by atoms with Gasteiger partial charge in [0, 0.05) is 17.4 Å². The Kier molecular flexibility index (Phi) is 6.59. The van der Waals surface area contributed by atoms with Crippen LogP contribution < -0.4 is 4.74 Å². The highest BCUT2D eigenvalue weighted by Crippen LogP contribution is 2.31. The van der Waals surface area contributed by atoms with Gasteiger partial charge in [-0.1, -0.05) is 17.8 Å². The molecule has 1 aliphatic rings. The van der Waals surface area contributed by atoms with Crippen LogP contribution in [-0.2, 0) is 9.53 Å². The number of carbonyl (C=O) groups excluding carboxylic acids is 1. The molecule has 1 N–H and O–H groups in total. The highest BCUT2D eigenvalue weighted by molar-refractivity contribution is 7.99. The number of aromatic hydroxyl groups is 1. The maximum absolute atomic E-state index is 12.8. The second-order valence-electron chi connectivity index (χ2n) is 6.97. The minimum Gasteiger partial charge on any atom is -0.502 e. The zero-order valence-corrected chi connectivity index (χ0v) is 19.0. The van der Waals surface area contributed by atoms with E-state index >= 15 is 0 Å². The number of nitrogens with zero attached hydrogens (tertiary/aromatic N) is 5. The van der Waals surface area contributed by atoms with Crippen molar-refractivity contribution in [1.82, 2.24) is 14.9 Å². The van der Waals surface area contributed by atoms with Crippen molar-refractivity contribution in [2.75, 3.05) is 19.5 Å². The number of ether oxygens (including phenoxy) is 2. The number of hydrogen-bond donors (Lipinski definition) is 1. The van der Waals surface area contributed by atoms with Crippen molar-refractivity contribution in [2.24, 2.45) is 5.10 Å². The van der Waals surface area contributed by atoms with Crippen LogP contribution in [0, 0.1) is 10.1 Å². The number of nitro benzene ring substituents is 1. The number of thioether (sulfide) groups is 1. The lowest BCUT2D eigenvalue weighted by Gasteiger charge is -2.16. The topological polar surface area (TPSA) is 142 Å². The maximum Gasteiger partial charge on any atom is 0.340 e. The van der Waals surface area contributed by atoms with Gasteiger partial charge in [-0.05, 0) is 48.9 Å². The molecule has 174 valence electrons. The van der Waals surface area contributed by atoms with Gasteiger partial charge >= 0.3 is 11.7 Å². The number of benzene rings is 2. The molecule has 0 spiro atoms. The molecular weight excluding hydrogens is 462 g/mol. The Morgan fingerprint density at radius 2 is 2.03 bits per heavy atom. The zero-order chi connectivity index (χ0) is 24.2. The van der Waals surface area contributed by atoms with Gasteiger partial charge < -0.3 is 14.6 Å². The first-order valence-electron chi connectivity index (χ1n) is 10.1. The molecule has 34 heavy (non-hydrogen) atoms. The fraction of sp³-hybridized carbons (Fsp3) is 0.182. The van der Waals surface area contributed by atoms with E-state index in [1.165, 1.54) is 40.7 Å². The molecule has 0 saturated carbocycles. The molecule has 11 nitrogen and oxygen atoms in total. The van der Waals surface area contributed by atoms with E-state index in [0.717, 1.165) is 5.56 Å². The van der Waals surface area contributed by atoms with Crippen molar-refractivity contribution in [2.45, 2.75) is 12.1 Å². The number of phenolic OH excluding ortho intramolecular Hbond substituents is 1. The molecule has 3 aromatic rings. The third-order valence-corrected chi connectivity index (χ3v) is 5.76. The van der Waals surface area contributed by atoms with E-state index < -0.39 is 22.3 Å². The molecule has 0 bridgehead atoms. The number of hydrogen-bond acceptors (Lipinski definition) is 10. The lowest BCUT2D eigenvalue weighted by Crippen LogP contribution is -2.21. The number of aromatic nitrogens is 3. The number of nitro groups is 1. The summed E-state index contributed by atoms with van der Waals surface area (Å²) in [5.41, 5.74) is 1.14. The molecule has 1 aromatic heterocycles. The van der Waals surface area contributed by atoms with Crippen LogP contribution in [0.25, 0.3) is 17.5 Å². The Bertz CT molecular complexity index is 1320. The van der Waals surface area contributed by atoms with Crippen LogP contribution in [0.4, 0.5) is 5.69 Å². The second-order valence-corrected chi connectivity index (χ2v) is 7.91. The number of esters is 1. The first-order chi connectivity index (χ1) is 16.4. The fourth-order valence-corrected chi connectivity index (χ4v) is 4.02. The number of rotatable bonds is 7. The van der Waals surface area contributed by atoms with Crippen molar-refractivity contribution in [3.05, 3.63) is 63.7 Å². The summed E-state index contributed by atoms with van der Waals surface area (Å²) in [5.74, 6) is 0.386. The molecule has 0 amide bonds. The first kappa shape index (κ1) is 23.0. The average Bonchev–Trinajstić information content (AvgIpc) is 3.26. The summed E-state index contributed by atoms with van der Waals surface area (Å²) in [7, 11) is 1.58. The molecule has 0 fully saturated rings. The Morgan fingerprint density at radius 1 is 1.26 bits per heavy atom. The second kappa shape index (κ2) is 9.75. The van der Waals surface area contributed by atoms with Gasteiger partial charge in [-0.25, -0.2) is 4.79 Å². The van der Waals surface area contributed by atoms with Gasteiger partial charge in [-0.15, -0.1) is 10.2 Å². The molecule has 4 rings (SSSR count). The van der Waals surface area contributed by atoms with Gasteiger partial charge in [0.05, 0.1) is 29.9 Å². The van der Waals surface area contributed by atoms with Crippen molar-refractivity contribution in [3.63, 3.8) is 0 Å². The van der Waals surface area contributed by atoms with E-state index in [9.17, 15) is 20.0 Å². The van der Waals surface area contributed by atoms with Crippen LogP contribution in [-0.4, -0.2) is 56.1 Å². The van der Waals surface area contributed by atoms with Gasteiger partial charge in [0.25, 0.3) is 0 Å². The van der Waals surface area contributed by atoms with Crippen LogP contribution in [0.2, 0.25) is 0 Å². The molecule has 1 aliphatic heterocycles. The quantitative estimate of drug-likeness (QED) is 0.232. The molecule has 0 unspecified atom stereocenters. The smallest absolute Gasteiger partial charge is 0.340 e. The van der Waals surface area contributed by atoms with Crippen LogP contribution in [0.1, 0.15) is 12.5 Å². The summed E-state index contributed by atoms with van der Waals surface area (Å²) in [6.07, 6.45) is 1.45. The normalized spacial score (nSPS) is 13.1. The number of phenols is 1. The van der Waals surface area contributed by atoms with E-state index in [2.05, 4.69) is 15.3 Å². The molecule has 0 saturated heterocycles. The van der Waals surface area contributed by atoms with Crippen LogP contribution in [0.3, 0.4) is 0 Å². The SMILES string of the molecule is CCOC(=O)/C(=C\c1ccc(O)c([N+](=O)[O-])c1)C1=Nn2c(nnc2-c2ccc(OC)cc2)SC1. The van der Waals surface area contributed by atoms with E-state index in [4.69, 9.17) is 9.47 Å². The monoisotopic (exact) mass is 481 g/mol. The number of methoxy groups -OCH3 is 1. The van der Waals surface area contributed by atoms with Gasteiger partial charge in [0.2, 0.25) is 5.16 Å². The van der Waals surface area contributed by atoms with Crippen LogP contribution in [0.15, 0.2) is 58.3 Å². The Hall–Kier alpha value is -4.19. The largest absolute Gasteiger partial charge is 0.502 e. The summed E-state index contributed by atoms with van der Waals surface area (Å²) in [6.45, 7) is 1.82. The molecule has 2 heterocycles. The van der Waals surface area contributed by atoms with Crippen molar-refractivity contribution in [3.8, 4) is 22.9 Å². The third-order valence-electron chi connectivity index (χ3n) is 4.83. The molecule has 2 aromatic carbocycles. The van der Waals surface area contributed by atoms with Gasteiger partial charge in [-0.3, -0.25) is 10.1 Å². The first-order valence-corrected chi connectivity index (χ1v) is 11.1. The average molecular weight is 481 g/mol. The molecule has 0 aliphatic carbocycles. The van der Waals surface area contributed by atoms with Gasteiger partial charge in [0.1, 0.15) is 5.75 Å². The zero-order valence-electron chi connectivity index (χ0n) is 18.2. The summed E-state index contributed by atoms with van der Waals surface area (Å²) in [5, 5.41) is 34.5. The Labute approximate surface area is 197 Å². The lowest BCUT2D eigenvalue weighted by atomic mass is 10.1. The van der Waals surface area contributed by atoms with E-state index in [1.807, 2.05) is 12.1 Å². The summed E-state index contributed by atoms with van der Waals surface area (Å²) >= 11 is 1.34. The Balaban J connectivity index is 1.78. The van der Waals surface area contributed by atoms with Crippen LogP contribution >= 0.6 is 11.8 Å². The van der Waals surface area contributed by atoms with E-state index in [-0.39, 0.29) is 12.2 Å². The van der Waals surface area contributed by atoms with Crippen molar-refractivity contribution >= 4 is 35.2 Å². The minimum atomic E-state index is -0.699. The Morgan fingerprint density at radius 3 is 2.71 bits per heavy atom. The predicted molar refractivity (Wildman–Crippen MR) is 125 cm³/mol. The molecule has 0 atom stereocenters. The lowest BCUT2D eigenvalue weighted by molar-refractivity contribution is -0.385.